The van der Waals surface area contributed by atoms with E-state index in [-0.39, 0.29) is 0 Å². The zero-order valence-corrected chi connectivity index (χ0v) is 28.6. The highest BCUT2D eigenvalue weighted by atomic mass is 16.3. The zero-order valence-electron chi connectivity index (χ0n) is 28.6. The molecule has 0 aliphatic heterocycles. The predicted octanol–water partition coefficient (Wildman–Crippen LogP) is 12.6. The Bertz CT molecular complexity index is 3180. The minimum Gasteiger partial charge on any atom is -0.456 e. The van der Waals surface area contributed by atoms with Gasteiger partial charge in [-0.25, -0.2) is 0 Å². The average molecular weight is 675 g/mol. The maximum atomic E-state index is 6.49. The van der Waals surface area contributed by atoms with Gasteiger partial charge in [0.05, 0.1) is 22.0 Å². The largest absolute Gasteiger partial charge is 0.456 e. The van der Waals surface area contributed by atoms with Crippen LogP contribution in [-0.4, -0.2) is 9.55 Å². The SMILES string of the molecule is C1=Cc2ccc(-c3ccc4c(c3)c3ncccc3n4-c3ccccc3)cc2C2(c3ccccc31)c1ccccc1-c1c2ccc2oc3ccccc3c12. The Morgan fingerprint density at radius 1 is 0.491 bits per heavy atom. The Morgan fingerprint density at radius 2 is 1.25 bits per heavy atom. The van der Waals surface area contributed by atoms with Gasteiger partial charge in [-0.3, -0.25) is 4.98 Å². The van der Waals surface area contributed by atoms with E-state index in [2.05, 4.69) is 174 Å². The Balaban J connectivity index is 1.16. The molecular weight excluding hydrogens is 645 g/mol. The summed E-state index contributed by atoms with van der Waals surface area (Å²) in [5, 5.41) is 3.47. The lowest BCUT2D eigenvalue weighted by molar-refractivity contribution is 0.668. The van der Waals surface area contributed by atoms with E-state index < -0.39 is 5.41 Å². The Morgan fingerprint density at radius 3 is 2.17 bits per heavy atom. The molecule has 0 bridgehead atoms. The van der Waals surface area contributed by atoms with Crippen LogP contribution in [0.15, 0.2) is 174 Å². The van der Waals surface area contributed by atoms with Crippen LogP contribution in [0.1, 0.15) is 33.4 Å². The van der Waals surface area contributed by atoms with E-state index in [1.807, 2.05) is 12.3 Å². The number of hydrogen-bond donors (Lipinski definition) is 0. The number of benzene rings is 7. The number of para-hydroxylation sites is 2. The summed E-state index contributed by atoms with van der Waals surface area (Å²) in [4.78, 5) is 4.91. The maximum Gasteiger partial charge on any atom is 0.136 e. The first kappa shape index (κ1) is 28.7. The fourth-order valence-corrected chi connectivity index (χ4v) is 9.55. The van der Waals surface area contributed by atoms with E-state index in [0.29, 0.717) is 0 Å². The minimum absolute atomic E-state index is 0.557. The predicted molar refractivity (Wildman–Crippen MR) is 218 cm³/mol. The van der Waals surface area contributed by atoms with Gasteiger partial charge in [0.1, 0.15) is 11.2 Å². The molecule has 53 heavy (non-hydrogen) atoms. The van der Waals surface area contributed by atoms with Gasteiger partial charge >= 0.3 is 0 Å². The van der Waals surface area contributed by atoms with Crippen molar-refractivity contribution in [3.05, 3.63) is 203 Å². The minimum atomic E-state index is -0.557. The Hall–Kier alpha value is -6.97. The molecule has 7 aromatic carbocycles. The summed E-state index contributed by atoms with van der Waals surface area (Å²) in [7, 11) is 0. The van der Waals surface area contributed by atoms with E-state index in [0.717, 1.165) is 49.7 Å². The number of fused-ring (bicyclic) bond motifs is 16. The van der Waals surface area contributed by atoms with Crippen molar-refractivity contribution in [1.82, 2.24) is 9.55 Å². The van der Waals surface area contributed by atoms with Crippen molar-refractivity contribution in [1.29, 1.82) is 0 Å². The molecule has 0 saturated heterocycles. The third-order valence-corrected chi connectivity index (χ3v) is 11.7. The molecular formula is C50H30N2O. The lowest BCUT2D eigenvalue weighted by atomic mass is 9.65. The number of rotatable bonds is 2. The Labute approximate surface area is 305 Å². The molecule has 1 spiro atoms. The van der Waals surface area contributed by atoms with Crippen LogP contribution in [0.2, 0.25) is 0 Å². The van der Waals surface area contributed by atoms with Crippen LogP contribution in [0.25, 0.3) is 84.0 Å². The van der Waals surface area contributed by atoms with E-state index in [4.69, 9.17) is 9.40 Å². The topological polar surface area (TPSA) is 31.0 Å². The number of nitrogens with zero attached hydrogens (tertiary/aromatic N) is 2. The molecule has 0 N–H and O–H groups in total. The van der Waals surface area contributed by atoms with Crippen molar-refractivity contribution in [2.75, 3.05) is 0 Å². The fraction of sp³-hybridized carbons (Fsp3) is 0.0200. The normalized spacial score (nSPS) is 15.5. The summed E-state index contributed by atoms with van der Waals surface area (Å²) in [6.07, 6.45) is 6.50. The molecule has 0 fully saturated rings. The first-order chi connectivity index (χ1) is 26.3. The lowest BCUT2D eigenvalue weighted by Gasteiger charge is -2.35. The third-order valence-electron chi connectivity index (χ3n) is 11.7. The van der Waals surface area contributed by atoms with Crippen molar-refractivity contribution in [3.63, 3.8) is 0 Å². The highest BCUT2D eigenvalue weighted by Crippen LogP contribution is 2.61. The summed E-state index contributed by atoms with van der Waals surface area (Å²) in [5.41, 5.74) is 18.1. The van der Waals surface area contributed by atoms with Gasteiger partial charge in [-0.2, -0.15) is 0 Å². The smallest absolute Gasteiger partial charge is 0.136 e. The average Bonchev–Trinajstić information content (AvgIpc) is 3.83. The number of pyridine rings is 1. The first-order valence-electron chi connectivity index (χ1n) is 18.2. The van der Waals surface area contributed by atoms with Crippen LogP contribution in [0.4, 0.5) is 0 Å². The van der Waals surface area contributed by atoms with Crippen molar-refractivity contribution >= 4 is 56.0 Å². The second kappa shape index (κ2) is 10.5. The summed E-state index contributed by atoms with van der Waals surface area (Å²) in [5.74, 6) is 0. The molecule has 0 saturated carbocycles. The molecule has 3 aromatic heterocycles. The summed E-state index contributed by atoms with van der Waals surface area (Å²) >= 11 is 0. The Kier molecular flexibility index (Phi) is 5.70. The molecule has 2 aliphatic rings. The van der Waals surface area contributed by atoms with Gasteiger partial charge in [-0.15, -0.1) is 0 Å². The van der Waals surface area contributed by atoms with Crippen molar-refractivity contribution in [3.8, 4) is 27.9 Å². The highest BCUT2D eigenvalue weighted by molar-refractivity contribution is 6.16. The van der Waals surface area contributed by atoms with E-state index in [1.165, 1.54) is 55.5 Å². The van der Waals surface area contributed by atoms with Crippen LogP contribution in [0, 0.1) is 0 Å². The van der Waals surface area contributed by atoms with Crippen molar-refractivity contribution in [2.45, 2.75) is 5.41 Å². The van der Waals surface area contributed by atoms with Crippen LogP contribution in [0.5, 0.6) is 0 Å². The molecule has 10 aromatic rings. The van der Waals surface area contributed by atoms with Gasteiger partial charge in [-0.1, -0.05) is 121 Å². The standard InChI is InChI=1S/C50H30N2O/c1-2-12-35(13-3-1)52-43-26-24-33(29-38(43)49-44(52)18-10-28-51-49)34-23-22-32-21-20-31-11-4-7-16-39(31)50(42(32)30-34)40-17-8-5-14-36(40)47-41(50)25-27-46-48(47)37-15-6-9-19-45(37)53-46/h1-30H. The van der Waals surface area contributed by atoms with Crippen molar-refractivity contribution < 1.29 is 4.42 Å². The molecule has 3 heteroatoms. The zero-order chi connectivity index (χ0) is 34.7. The quantitative estimate of drug-likeness (QED) is 0.183. The summed E-state index contributed by atoms with van der Waals surface area (Å²) < 4.78 is 8.81. The molecule has 246 valence electrons. The molecule has 2 aliphatic carbocycles. The molecule has 0 amide bonds. The molecule has 1 unspecified atom stereocenters. The van der Waals surface area contributed by atoms with Crippen molar-refractivity contribution in [2.24, 2.45) is 0 Å². The van der Waals surface area contributed by atoms with Gasteiger partial charge in [0.2, 0.25) is 0 Å². The lowest BCUT2D eigenvalue weighted by Crippen LogP contribution is -2.30. The maximum absolute atomic E-state index is 6.49. The van der Waals surface area contributed by atoms with Crippen LogP contribution in [-0.2, 0) is 5.41 Å². The second-order valence-corrected chi connectivity index (χ2v) is 14.3. The molecule has 3 nitrogen and oxygen atoms in total. The van der Waals surface area contributed by atoms with Crippen LogP contribution < -0.4 is 0 Å². The molecule has 1 atom stereocenters. The van der Waals surface area contributed by atoms with Gasteiger partial charge in [-0.05, 0) is 110 Å². The van der Waals surface area contributed by atoms with E-state index in [1.54, 1.807) is 0 Å². The third kappa shape index (κ3) is 3.75. The fourth-order valence-electron chi connectivity index (χ4n) is 9.55. The van der Waals surface area contributed by atoms with Crippen LogP contribution in [0.3, 0.4) is 0 Å². The number of aromatic nitrogens is 2. The van der Waals surface area contributed by atoms with Gasteiger partial charge in [0.25, 0.3) is 0 Å². The number of furan rings is 1. The van der Waals surface area contributed by atoms with Gasteiger partial charge < -0.3 is 8.98 Å². The van der Waals surface area contributed by atoms with E-state index in [9.17, 15) is 0 Å². The number of hydrogen-bond acceptors (Lipinski definition) is 2. The van der Waals surface area contributed by atoms with Gasteiger partial charge in [0.15, 0.2) is 0 Å². The summed E-state index contributed by atoms with van der Waals surface area (Å²) in [6, 6.07) is 59.6. The molecule has 0 radical (unpaired) electrons. The second-order valence-electron chi connectivity index (χ2n) is 14.3. The van der Waals surface area contributed by atoms with E-state index >= 15 is 0 Å². The summed E-state index contributed by atoms with van der Waals surface area (Å²) in [6.45, 7) is 0. The van der Waals surface area contributed by atoms with Gasteiger partial charge in [0, 0.05) is 28.0 Å². The molecule has 3 heterocycles. The molecule has 12 rings (SSSR count). The monoisotopic (exact) mass is 674 g/mol. The highest BCUT2D eigenvalue weighted by Gasteiger charge is 2.49. The van der Waals surface area contributed by atoms with Crippen LogP contribution >= 0.6 is 0 Å². The first-order valence-corrected chi connectivity index (χ1v) is 18.2.